The Bertz CT molecular complexity index is 1280. The molecule has 4 heterocycles. The maximum absolute atomic E-state index is 12.9. The number of nitrogens with two attached hydrogens (primary N) is 1. The molecule has 0 radical (unpaired) electrons. The Balaban J connectivity index is 1.54. The number of aromatic nitrogens is 5. The van der Waals surface area contributed by atoms with Crippen LogP contribution in [0.4, 0.5) is 0 Å². The third-order valence-corrected chi connectivity index (χ3v) is 5.64. The largest absolute Gasteiger partial charge is 0.497 e. The van der Waals surface area contributed by atoms with E-state index in [0.29, 0.717) is 47.7 Å². The van der Waals surface area contributed by atoms with Gasteiger partial charge in [-0.1, -0.05) is 0 Å². The fourth-order valence-corrected chi connectivity index (χ4v) is 3.92. The number of H-pyrrole nitrogens is 1. The van der Waals surface area contributed by atoms with Crippen molar-refractivity contribution < 1.29 is 14.3 Å². The number of nitrogens with zero attached hydrogens (tertiary/aromatic N) is 4. The lowest BCUT2D eigenvalue weighted by atomic mass is 10.0. The van der Waals surface area contributed by atoms with E-state index in [4.69, 9.17) is 20.2 Å². The van der Waals surface area contributed by atoms with Gasteiger partial charge in [0.25, 0.3) is 5.91 Å². The summed E-state index contributed by atoms with van der Waals surface area (Å²) < 4.78 is 12.5. The molecule has 10 heteroatoms. The van der Waals surface area contributed by atoms with Gasteiger partial charge in [-0.3, -0.25) is 9.48 Å². The van der Waals surface area contributed by atoms with Gasteiger partial charge in [-0.05, 0) is 24.6 Å². The quantitative estimate of drug-likeness (QED) is 0.453. The molecule has 160 valence electrons. The molecule has 1 saturated heterocycles. The molecule has 2 atom stereocenters. The molecule has 5 rings (SSSR count). The first-order valence-corrected chi connectivity index (χ1v) is 10.0. The maximum Gasteiger partial charge on any atom is 0.255 e. The van der Waals surface area contributed by atoms with E-state index < -0.39 is 0 Å². The van der Waals surface area contributed by atoms with E-state index in [1.165, 1.54) is 0 Å². The number of nitrogens with one attached hydrogen (secondary N) is 2. The van der Waals surface area contributed by atoms with Gasteiger partial charge in [0.2, 0.25) is 0 Å². The van der Waals surface area contributed by atoms with Gasteiger partial charge in [-0.25, -0.2) is 9.97 Å². The number of carbonyl (C=O) groups is 1. The summed E-state index contributed by atoms with van der Waals surface area (Å²) in [6, 6.07) is 5.37. The van der Waals surface area contributed by atoms with E-state index in [0.717, 1.165) is 16.7 Å². The van der Waals surface area contributed by atoms with E-state index in [9.17, 15) is 4.79 Å². The average Bonchev–Trinajstić information content (AvgIpc) is 3.35. The Morgan fingerprint density at radius 3 is 3.10 bits per heavy atom. The molecule has 0 saturated carbocycles. The molecule has 1 aliphatic rings. The molecule has 4 aromatic rings. The van der Waals surface area contributed by atoms with Crippen molar-refractivity contribution in [3.63, 3.8) is 0 Å². The van der Waals surface area contributed by atoms with Gasteiger partial charge in [0, 0.05) is 37.3 Å². The second-order valence-electron chi connectivity index (χ2n) is 7.62. The highest BCUT2D eigenvalue weighted by molar-refractivity contribution is 6.05. The number of fused-ring (bicyclic) bond motifs is 2. The van der Waals surface area contributed by atoms with Gasteiger partial charge in [-0.15, -0.1) is 0 Å². The minimum Gasteiger partial charge on any atom is -0.497 e. The number of benzene rings is 1. The average molecular weight is 421 g/mol. The van der Waals surface area contributed by atoms with E-state index in [1.54, 1.807) is 24.2 Å². The van der Waals surface area contributed by atoms with Crippen LogP contribution in [0.25, 0.3) is 33.5 Å². The summed E-state index contributed by atoms with van der Waals surface area (Å²) in [4.78, 5) is 25.2. The zero-order valence-electron chi connectivity index (χ0n) is 17.3. The van der Waals surface area contributed by atoms with Crippen LogP contribution in [0.2, 0.25) is 0 Å². The standard InChI is InChI=1S/C21H23N7O3/c1-28-17-4-3-11(30-2)7-12(17)18(27-28)16-9-24-20-19(25-16)13(8-23-20)21(29)26-15-5-6-31-10-14(15)22/h3-4,7-9,14-15H,5-6,10,22H2,1-2H3,(H,23,24)(H,26,29). The number of ether oxygens (including phenoxy) is 2. The summed E-state index contributed by atoms with van der Waals surface area (Å²) in [5, 5.41) is 8.52. The Morgan fingerprint density at radius 2 is 2.29 bits per heavy atom. The van der Waals surface area contributed by atoms with Crippen LogP contribution in [0.5, 0.6) is 5.75 Å². The Labute approximate surface area is 177 Å². The highest BCUT2D eigenvalue weighted by atomic mass is 16.5. The molecule has 1 aliphatic heterocycles. The van der Waals surface area contributed by atoms with Crippen molar-refractivity contribution >= 4 is 28.0 Å². The molecule has 0 aliphatic carbocycles. The van der Waals surface area contributed by atoms with Crippen LogP contribution in [0, 0.1) is 0 Å². The summed E-state index contributed by atoms with van der Waals surface area (Å²) in [5.74, 6) is 0.484. The van der Waals surface area contributed by atoms with Gasteiger partial charge < -0.3 is 25.5 Å². The third kappa shape index (κ3) is 3.39. The van der Waals surface area contributed by atoms with E-state index in [-0.39, 0.29) is 18.0 Å². The number of carbonyl (C=O) groups excluding carboxylic acids is 1. The first kappa shape index (κ1) is 19.5. The summed E-state index contributed by atoms with van der Waals surface area (Å²) in [6.45, 7) is 1.01. The van der Waals surface area contributed by atoms with Crippen molar-refractivity contribution in [3.8, 4) is 17.1 Å². The number of aryl methyl sites for hydroxylation is 1. The van der Waals surface area contributed by atoms with Crippen LogP contribution in [0.15, 0.2) is 30.6 Å². The van der Waals surface area contributed by atoms with Crippen LogP contribution < -0.4 is 15.8 Å². The smallest absolute Gasteiger partial charge is 0.255 e. The van der Waals surface area contributed by atoms with Crippen molar-refractivity contribution in [3.05, 3.63) is 36.2 Å². The Kier molecular flexibility index (Phi) is 4.79. The van der Waals surface area contributed by atoms with Gasteiger partial charge in [0.05, 0.1) is 31.0 Å². The molecule has 10 nitrogen and oxygen atoms in total. The molecule has 1 aromatic carbocycles. The molecule has 31 heavy (non-hydrogen) atoms. The monoisotopic (exact) mass is 421 g/mol. The number of rotatable bonds is 4. The number of hydrogen-bond acceptors (Lipinski definition) is 7. The van der Waals surface area contributed by atoms with Crippen LogP contribution in [-0.4, -0.2) is 63.0 Å². The molecule has 1 fully saturated rings. The minimum absolute atomic E-state index is 0.144. The number of aromatic amines is 1. The second kappa shape index (κ2) is 7.64. The fourth-order valence-electron chi connectivity index (χ4n) is 3.92. The molecule has 0 spiro atoms. The Hall–Kier alpha value is -3.50. The zero-order valence-corrected chi connectivity index (χ0v) is 17.3. The summed E-state index contributed by atoms with van der Waals surface area (Å²) in [7, 11) is 3.49. The molecule has 4 N–H and O–H groups in total. The SMILES string of the molecule is COc1ccc2c(c1)c(-c1cnc3[nH]cc(C(=O)NC4CCOCC4N)c3n1)nn2C. The lowest BCUT2D eigenvalue weighted by Gasteiger charge is -2.29. The molecule has 3 aromatic heterocycles. The minimum atomic E-state index is -0.243. The first-order valence-electron chi connectivity index (χ1n) is 10.0. The molecule has 0 bridgehead atoms. The first-order chi connectivity index (χ1) is 15.0. The summed E-state index contributed by atoms with van der Waals surface area (Å²) >= 11 is 0. The highest BCUT2D eigenvalue weighted by Crippen LogP contribution is 2.30. The number of amides is 1. The fraction of sp³-hybridized carbons (Fsp3) is 0.333. The van der Waals surface area contributed by atoms with E-state index >= 15 is 0 Å². The lowest BCUT2D eigenvalue weighted by molar-refractivity contribution is 0.0573. The van der Waals surface area contributed by atoms with Crippen LogP contribution >= 0.6 is 0 Å². The van der Waals surface area contributed by atoms with E-state index in [2.05, 4.69) is 20.4 Å². The van der Waals surface area contributed by atoms with Gasteiger partial charge >= 0.3 is 0 Å². The maximum atomic E-state index is 12.9. The van der Waals surface area contributed by atoms with Crippen molar-refractivity contribution in [2.24, 2.45) is 12.8 Å². The highest BCUT2D eigenvalue weighted by Gasteiger charge is 2.26. The predicted octanol–water partition coefficient (Wildman–Crippen LogP) is 1.37. The molecule has 1 amide bonds. The third-order valence-electron chi connectivity index (χ3n) is 5.64. The van der Waals surface area contributed by atoms with Crippen molar-refractivity contribution in [2.75, 3.05) is 20.3 Å². The van der Waals surface area contributed by atoms with Crippen LogP contribution in [0.1, 0.15) is 16.8 Å². The van der Waals surface area contributed by atoms with Gasteiger partial charge in [0.1, 0.15) is 22.7 Å². The van der Waals surface area contributed by atoms with Crippen LogP contribution in [-0.2, 0) is 11.8 Å². The van der Waals surface area contributed by atoms with Crippen molar-refractivity contribution in [2.45, 2.75) is 18.5 Å². The van der Waals surface area contributed by atoms with Crippen molar-refractivity contribution in [1.82, 2.24) is 30.0 Å². The Morgan fingerprint density at radius 1 is 1.42 bits per heavy atom. The zero-order chi connectivity index (χ0) is 21.5. The van der Waals surface area contributed by atoms with Crippen molar-refractivity contribution in [1.29, 1.82) is 0 Å². The molecular weight excluding hydrogens is 398 g/mol. The summed E-state index contributed by atoms with van der Waals surface area (Å²) in [6.07, 6.45) is 3.94. The second-order valence-corrected chi connectivity index (χ2v) is 7.62. The van der Waals surface area contributed by atoms with Gasteiger partial charge in [-0.2, -0.15) is 5.10 Å². The number of methoxy groups -OCH3 is 1. The predicted molar refractivity (Wildman–Crippen MR) is 115 cm³/mol. The van der Waals surface area contributed by atoms with E-state index in [1.807, 2.05) is 25.2 Å². The molecule has 2 unspecified atom stereocenters. The topological polar surface area (TPSA) is 133 Å². The van der Waals surface area contributed by atoms with Gasteiger partial charge in [0.15, 0.2) is 5.65 Å². The lowest BCUT2D eigenvalue weighted by Crippen LogP contribution is -2.53. The molecular formula is C21H23N7O3. The number of hydrogen-bond donors (Lipinski definition) is 3. The normalized spacial score (nSPS) is 19.1. The summed E-state index contributed by atoms with van der Waals surface area (Å²) in [5.41, 5.74) is 9.69. The van der Waals surface area contributed by atoms with Crippen LogP contribution in [0.3, 0.4) is 0 Å².